The lowest BCUT2D eigenvalue weighted by Crippen LogP contribution is -2.45. The molecular weight excluding hydrogens is 517 g/mol. The van der Waals surface area contributed by atoms with E-state index < -0.39 is 28.0 Å². The molecular formula is C27H29ClFN3O6. The Kier molecular flexibility index (Phi) is 8.58. The Bertz CT molecular complexity index is 1300. The first-order valence-corrected chi connectivity index (χ1v) is 12.3. The highest BCUT2D eigenvalue weighted by Gasteiger charge is 2.50. The zero-order valence-electron chi connectivity index (χ0n) is 21.5. The average Bonchev–Trinajstić information content (AvgIpc) is 2.83. The summed E-state index contributed by atoms with van der Waals surface area (Å²) in [5, 5.41) is 31.8. The fraction of sp³-hybridized carbons (Fsp3) is 0.333. The van der Waals surface area contributed by atoms with Gasteiger partial charge in [0.25, 0.3) is 5.69 Å². The van der Waals surface area contributed by atoms with E-state index in [4.69, 9.17) is 11.6 Å². The number of carboxylic acid groups (broad SMARTS) is 2. The number of benzene rings is 2. The van der Waals surface area contributed by atoms with Gasteiger partial charge in [-0.25, -0.2) is 14.0 Å². The highest BCUT2D eigenvalue weighted by atomic mass is 35.5. The van der Waals surface area contributed by atoms with Crippen LogP contribution in [0.3, 0.4) is 0 Å². The normalized spacial score (nSPS) is 15.3. The minimum atomic E-state index is -1.77. The van der Waals surface area contributed by atoms with Crippen molar-refractivity contribution in [2.45, 2.75) is 39.7 Å². The topological polar surface area (TPSA) is 124 Å². The van der Waals surface area contributed by atoms with Crippen molar-refractivity contribution >= 4 is 29.2 Å². The van der Waals surface area contributed by atoms with Crippen molar-refractivity contribution in [2.75, 3.05) is 19.6 Å². The Hall–Kier alpha value is -3.76. The molecule has 2 aromatic carbocycles. The lowest BCUT2D eigenvalue weighted by molar-refractivity contribution is -0.384. The molecule has 0 bridgehead atoms. The number of carboxylic acids is 2. The molecule has 3 rings (SSSR count). The minimum Gasteiger partial charge on any atom is -0.478 e. The van der Waals surface area contributed by atoms with E-state index in [0.717, 1.165) is 5.56 Å². The fourth-order valence-corrected chi connectivity index (χ4v) is 5.58. The number of rotatable bonds is 10. The summed E-state index contributed by atoms with van der Waals surface area (Å²) in [6, 6.07) is 10.1. The highest BCUT2D eigenvalue weighted by molar-refractivity contribution is 6.33. The van der Waals surface area contributed by atoms with Gasteiger partial charge in [-0.1, -0.05) is 42.8 Å². The van der Waals surface area contributed by atoms with Crippen LogP contribution in [0.5, 0.6) is 0 Å². The van der Waals surface area contributed by atoms with Gasteiger partial charge in [0.2, 0.25) is 0 Å². The van der Waals surface area contributed by atoms with E-state index >= 15 is 0 Å². The molecule has 38 heavy (non-hydrogen) atoms. The van der Waals surface area contributed by atoms with Gasteiger partial charge in [0.1, 0.15) is 10.8 Å². The summed E-state index contributed by atoms with van der Waals surface area (Å²) in [5.74, 6) is -3.05. The first-order valence-electron chi connectivity index (χ1n) is 11.9. The standard InChI is InChI=1S/C27H29ClFN3O6/c1-5-30(15-18-9-11-19(29)12-10-18)13-14-31-16(2)22(25(33)34)27(4,23(17(31)3)26(35)36)20-7-6-8-21(24(20)28)32(37)38/h6-12H,5,13-15H2,1-4H3,(H,33,34)(H,35,36). The van der Waals surface area contributed by atoms with Gasteiger partial charge in [-0.2, -0.15) is 0 Å². The van der Waals surface area contributed by atoms with Crippen molar-refractivity contribution in [3.8, 4) is 0 Å². The van der Waals surface area contributed by atoms with Crippen molar-refractivity contribution < 1.29 is 29.1 Å². The second kappa shape index (κ2) is 11.3. The van der Waals surface area contributed by atoms with Crippen molar-refractivity contribution in [1.29, 1.82) is 0 Å². The molecule has 1 aliphatic heterocycles. The van der Waals surface area contributed by atoms with Gasteiger partial charge in [-0.15, -0.1) is 0 Å². The van der Waals surface area contributed by atoms with Crippen LogP contribution in [0, 0.1) is 15.9 Å². The summed E-state index contributed by atoms with van der Waals surface area (Å²) in [5.41, 5.74) is -1.15. The van der Waals surface area contributed by atoms with Gasteiger partial charge in [-0.05, 0) is 50.6 Å². The molecule has 0 aromatic heterocycles. The predicted octanol–water partition coefficient (Wildman–Crippen LogP) is 5.20. The Morgan fingerprint density at radius 2 is 1.63 bits per heavy atom. The van der Waals surface area contributed by atoms with Crippen molar-refractivity contribution in [3.63, 3.8) is 0 Å². The van der Waals surface area contributed by atoms with Crippen LogP contribution >= 0.6 is 11.6 Å². The lowest BCUT2D eigenvalue weighted by Gasteiger charge is -2.43. The molecule has 0 atom stereocenters. The van der Waals surface area contributed by atoms with Gasteiger partial charge in [0.15, 0.2) is 0 Å². The third-order valence-electron chi connectivity index (χ3n) is 7.08. The molecule has 1 aliphatic rings. The number of likely N-dealkylation sites (N-methyl/N-ethyl adjacent to an activating group) is 1. The number of hydrogen-bond acceptors (Lipinski definition) is 6. The van der Waals surface area contributed by atoms with Crippen LogP contribution in [0.4, 0.5) is 10.1 Å². The molecule has 0 radical (unpaired) electrons. The number of nitrogens with zero attached hydrogens (tertiary/aromatic N) is 3. The zero-order chi connectivity index (χ0) is 28.4. The second-order valence-electron chi connectivity index (χ2n) is 9.20. The number of allylic oxidation sites excluding steroid dienone is 2. The largest absolute Gasteiger partial charge is 0.478 e. The highest BCUT2D eigenvalue weighted by Crippen LogP contribution is 2.50. The summed E-state index contributed by atoms with van der Waals surface area (Å²) in [7, 11) is 0. The summed E-state index contributed by atoms with van der Waals surface area (Å²) >= 11 is 6.39. The monoisotopic (exact) mass is 545 g/mol. The van der Waals surface area contributed by atoms with E-state index in [0.29, 0.717) is 31.0 Å². The van der Waals surface area contributed by atoms with Gasteiger partial charge < -0.3 is 15.1 Å². The van der Waals surface area contributed by atoms with Gasteiger partial charge in [0.05, 0.1) is 21.5 Å². The molecule has 202 valence electrons. The number of hydrogen-bond donors (Lipinski definition) is 2. The first-order chi connectivity index (χ1) is 17.8. The predicted molar refractivity (Wildman–Crippen MR) is 140 cm³/mol. The van der Waals surface area contributed by atoms with Crippen LogP contribution in [0.15, 0.2) is 65.0 Å². The lowest BCUT2D eigenvalue weighted by atomic mass is 9.66. The minimum absolute atomic E-state index is 0.0213. The number of nitro groups is 1. The molecule has 0 saturated heterocycles. The van der Waals surface area contributed by atoms with Crippen LogP contribution in [-0.4, -0.2) is 56.5 Å². The maximum absolute atomic E-state index is 13.3. The fourth-order valence-electron chi connectivity index (χ4n) is 5.20. The molecule has 0 amide bonds. The Labute approximate surface area is 224 Å². The van der Waals surface area contributed by atoms with E-state index in [1.54, 1.807) is 30.9 Å². The molecule has 11 heteroatoms. The van der Waals surface area contributed by atoms with Crippen LogP contribution in [-0.2, 0) is 21.5 Å². The Morgan fingerprint density at radius 3 is 2.11 bits per heavy atom. The quantitative estimate of drug-likeness (QED) is 0.308. The smallest absolute Gasteiger partial charge is 0.334 e. The van der Waals surface area contributed by atoms with E-state index in [2.05, 4.69) is 4.90 Å². The van der Waals surface area contributed by atoms with Gasteiger partial charge in [-0.3, -0.25) is 15.0 Å². The van der Waals surface area contributed by atoms with Gasteiger partial charge >= 0.3 is 11.9 Å². The maximum Gasteiger partial charge on any atom is 0.334 e. The summed E-state index contributed by atoms with van der Waals surface area (Å²) in [4.78, 5) is 39.8. The van der Waals surface area contributed by atoms with Crippen LogP contribution in [0.2, 0.25) is 5.02 Å². The summed E-state index contributed by atoms with van der Waals surface area (Å²) in [6.07, 6.45) is 0. The van der Waals surface area contributed by atoms with E-state index in [-0.39, 0.29) is 34.1 Å². The molecule has 0 spiro atoms. The third-order valence-corrected chi connectivity index (χ3v) is 7.48. The zero-order valence-corrected chi connectivity index (χ0v) is 22.3. The molecule has 1 heterocycles. The van der Waals surface area contributed by atoms with E-state index in [9.17, 15) is 34.3 Å². The summed E-state index contributed by atoms with van der Waals surface area (Å²) in [6.45, 7) is 8.45. The van der Waals surface area contributed by atoms with Gasteiger partial charge in [0, 0.05) is 37.1 Å². The van der Waals surface area contributed by atoms with E-state index in [1.165, 1.54) is 37.3 Å². The molecule has 2 aromatic rings. The number of nitro benzene ring substituents is 1. The Morgan fingerprint density at radius 1 is 1.08 bits per heavy atom. The first kappa shape index (κ1) is 28.8. The Balaban J connectivity index is 2.09. The van der Waals surface area contributed by atoms with Crippen LogP contribution in [0.25, 0.3) is 0 Å². The second-order valence-corrected chi connectivity index (χ2v) is 9.58. The molecule has 0 saturated carbocycles. The summed E-state index contributed by atoms with van der Waals surface area (Å²) < 4.78 is 13.3. The molecule has 0 aliphatic carbocycles. The van der Waals surface area contributed by atoms with Crippen LogP contribution < -0.4 is 0 Å². The average molecular weight is 546 g/mol. The molecule has 0 unspecified atom stereocenters. The van der Waals surface area contributed by atoms with Crippen molar-refractivity contribution in [3.05, 3.63) is 97.1 Å². The van der Waals surface area contributed by atoms with Crippen molar-refractivity contribution in [2.24, 2.45) is 0 Å². The van der Waals surface area contributed by atoms with Crippen molar-refractivity contribution in [1.82, 2.24) is 9.80 Å². The SMILES string of the molecule is CCN(CCN1C(C)=C(C(=O)O)C(C)(c2cccc([N+](=O)[O-])c2Cl)C(C(=O)O)=C1C)Cc1ccc(F)cc1. The molecule has 0 fully saturated rings. The van der Waals surface area contributed by atoms with Crippen LogP contribution in [0.1, 0.15) is 38.8 Å². The maximum atomic E-state index is 13.3. The molecule has 2 N–H and O–H groups in total. The number of aliphatic carboxylic acids is 2. The molecule has 9 nitrogen and oxygen atoms in total. The van der Waals surface area contributed by atoms with E-state index in [1.807, 2.05) is 6.92 Å². The third kappa shape index (κ3) is 5.27. The number of halogens is 2. The number of carbonyl (C=O) groups is 2.